The van der Waals surface area contributed by atoms with Crippen molar-refractivity contribution < 1.29 is 10.0 Å². The van der Waals surface area contributed by atoms with Gasteiger partial charge < -0.3 is 16.3 Å². The Bertz CT molecular complexity index is 593. The zero-order chi connectivity index (χ0) is 12.3. The van der Waals surface area contributed by atoms with Crippen molar-refractivity contribution in [3.05, 3.63) is 42.5 Å². The normalized spacial score (nSPS) is 11.4. The Labute approximate surface area is 97.5 Å². The van der Waals surface area contributed by atoms with Crippen LogP contribution in [0.1, 0.15) is 0 Å². The molecule has 4 N–H and O–H groups in total. The zero-order valence-electron chi connectivity index (χ0n) is 8.92. The first-order valence-electron chi connectivity index (χ1n) is 4.98. The molecule has 2 aromatic rings. The highest BCUT2D eigenvalue weighted by Crippen LogP contribution is 2.18. The summed E-state index contributed by atoms with van der Waals surface area (Å²) in [7, 11) is 0. The topological polar surface area (TPSA) is 87.7 Å². The highest BCUT2D eigenvalue weighted by Gasteiger charge is 2.07. The van der Waals surface area contributed by atoms with Crippen LogP contribution in [-0.2, 0) is 4.79 Å². The first-order chi connectivity index (χ1) is 8.20. The number of fused-ring (bicyclic) bond motifs is 1. The van der Waals surface area contributed by atoms with Crippen LogP contribution in [-0.4, -0.2) is 17.0 Å². The predicted octanol–water partition coefficient (Wildman–Crippen LogP) is 1.52. The molecule has 0 atom stereocenters. The molecule has 17 heavy (non-hydrogen) atoms. The van der Waals surface area contributed by atoms with Crippen molar-refractivity contribution in [3.8, 4) is 0 Å². The number of nitrogens with one attached hydrogen (secondary N) is 1. The lowest BCUT2D eigenvalue weighted by atomic mass is 10.1. The Hall–Kier alpha value is -2.56. The number of carbonyl (C=O) groups is 1. The average molecular weight is 229 g/mol. The van der Waals surface area contributed by atoms with Crippen molar-refractivity contribution in [1.29, 1.82) is 0 Å². The van der Waals surface area contributed by atoms with E-state index in [4.69, 9.17) is 10.9 Å². The van der Waals surface area contributed by atoms with Crippen molar-refractivity contribution in [2.75, 3.05) is 5.32 Å². The largest absolute Gasteiger partial charge is 0.409 e. The number of hydrogen-bond acceptors (Lipinski definition) is 3. The summed E-state index contributed by atoms with van der Waals surface area (Å²) in [5, 5.41) is 15.6. The van der Waals surface area contributed by atoms with Crippen molar-refractivity contribution in [3.63, 3.8) is 0 Å². The summed E-state index contributed by atoms with van der Waals surface area (Å²) in [4.78, 5) is 11.4. The van der Waals surface area contributed by atoms with E-state index in [0.717, 1.165) is 10.8 Å². The van der Waals surface area contributed by atoms with Crippen LogP contribution in [0, 0.1) is 0 Å². The third-order valence-electron chi connectivity index (χ3n) is 2.35. The molecule has 5 heteroatoms. The summed E-state index contributed by atoms with van der Waals surface area (Å²) in [5.41, 5.74) is 5.76. The third-order valence-corrected chi connectivity index (χ3v) is 2.35. The van der Waals surface area contributed by atoms with Crippen molar-refractivity contribution in [1.82, 2.24) is 0 Å². The summed E-state index contributed by atoms with van der Waals surface area (Å²) in [5.74, 6) is -1.11. The summed E-state index contributed by atoms with van der Waals surface area (Å²) in [6.07, 6.45) is 0. The standard InChI is InChI=1S/C12H11N3O2/c13-11(15-17)12(16)14-10-6-5-8-3-1-2-4-9(8)7-10/h1-7,17H,(H2,13,15)(H,14,16). The van der Waals surface area contributed by atoms with Gasteiger partial charge in [0.05, 0.1) is 0 Å². The number of carbonyl (C=O) groups excluding carboxylic acids is 1. The van der Waals surface area contributed by atoms with Crippen LogP contribution >= 0.6 is 0 Å². The van der Waals surface area contributed by atoms with Gasteiger partial charge in [-0.15, -0.1) is 0 Å². The van der Waals surface area contributed by atoms with Gasteiger partial charge in [-0.1, -0.05) is 35.5 Å². The zero-order valence-corrected chi connectivity index (χ0v) is 8.92. The molecule has 0 bridgehead atoms. The van der Waals surface area contributed by atoms with Crippen molar-refractivity contribution in [2.45, 2.75) is 0 Å². The van der Waals surface area contributed by atoms with Gasteiger partial charge in [-0.3, -0.25) is 4.79 Å². The number of nitrogens with two attached hydrogens (primary N) is 1. The molecule has 86 valence electrons. The van der Waals surface area contributed by atoms with Crippen molar-refractivity contribution >= 4 is 28.2 Å². The molecule has 0 aliphatic carbocycles. The predicted molar refractivity (Wildman–Crippen MR) is 66.0 cm³/mol. The number of amidine groups is 1. The Morgan fingerprint density at radius 3 is 2.59 bits per heavy atom. The molecule has 0 heterocycles. The number of nitrogens with zero attached hydrogens (tertiary/aromatic N) is 1. The van der Waals surface area contributed by atoms with Crippen molar-refractivity contribution in [2.24, 2.45) is 10.9 Å². The Morgan fingerprint density at radius 1 is 1.18 bits per heavy atom. The molecule has 5 nitrogen and oxygen atoms in total. The van der Waals surface area contributed by atoms with Gasteiger partial charge in [0.15, 0.2) is 0 Å². The summed E-state index contributed by atoms with van der Waals surface area (Å²) in [6, 6.07) is 13.2. The van der Waals surface area contributed by atoms with E-state index in [0.29, 0.717) is 5.69 Å². The fourth-order valence-corrected chi connectivity index (χ4v) is 1.51. The Balaban J connectivity index is 2.28. The molecule has 0 fully saturated rings. The van der Waals surface area contributed by atoms with Crippen LogP contribution in [0.5, 0.6) is 0 Å². The van der Waals surface area contributed by atoms with Gasteiger partial charge in [0.2, 0.25) is 5.84 Å². The Morgan fingerprint density at radius 2 is 1.88 bits per heavy atom. The summed E-state index contributed by atoms with van der Waals surface area (Å²) in [6.45, 7) is 0. The number of amides is 1. The van der Waals surface area contributed by atoms with E-state index in [1.165, 1.54) is 0 Å². The maximum atomic E-state index is 11.4. The number of benzene rings is 2. The van der Waals surface area contributed by atoms with Gasteiger partial charge >= 0.3 is 0 Å². The molecule has 0 aliphatic heterocycles. The van der Waals surface area contributed by atoms with E-state index in [2.05, 4.69) is 10.5 Å². The number of anilines is 1. The molecule has 0 aromatic heterocycles. The van der Waals surface area contributed by atoms with E-state index < -0.39 is 11.7 Å². The Kier molecular flexibility index (Phi) is 2.91. The molecule has 2 aromatic carbocycles. The molecule has 0 aliphatic rings. The fraction of sp³-hybridized carbons (Fsp3) is 0. The van der Waals surface area contributed by atoms with Crippen LogP contribution in [0.3, 0.4) is 0 Å². The quantitative estimate of drug-likeness (QED) is 0.300. The monoisotopic (exact) mass is 229 g/mol. The second-order valence-electron chi connectivity index (χ2n) is 3.50. The van der Waals surface area contributed by atoms with E-state index in [9.17, 15) is 4.79 Å². The summed E-state index contributed by atoms with van der Waals surface area (Å²) < 4.78 is 0. The molecule has 1 amide bonds. The van der Waals surface area contributed by atoms with Crippen LogP contribution in [0.4, 0.5) is 5.69 Å². The molecule has 0 spiro atoms. The van der Waals surface area contributed by atoms with Gasteiger partial charge in [-0.05, 0) is 22.9 Å². The van der Waals surface area contributed by atoms with E-state index >= 15 is 0 Å². The smallest absolute Gasteiger partial charge is 0.294 e. The second kappa shape index (κ2) is 4.52. The average Bonchev–Trinajstić information content (AvgIpc) is 2.37. The lowest BCUT2D eigenvalue weighted by Crippen LogP contribution is -2.30. The summed E-state index contributed by atoms with van der Waals surface area (Å²) >= 11 is 0. The highest BCUT2D eigenvalue weighted by molar-refractivity contribution is 6.41. The lowest BCUT2D eigenvalue weighted by molar-refractivity contribution is -0.110. The van der Waals surface area contributed by atoms with Gasteiger partial charge in [-0.25, -0.2) is 0 Å². The maximum Gasteiger partial charge on any atom is 0.294 e. The molecule has 0 saturated heterocycles. The van der Waals surface area contributed by atoms with Gasteiger partial charge in [-0.2, -0.15) is 0 Å². The van der Waals surface area contributed by atoms with Gasteiger partial charge in [0.1, 0.15) is 0 Å². The molecule has 2 rings (SSSR count). The van der Waals surface area contributed by atoms with E-state index in [1.54, 1.807) is 6.07 Å². The first kappa shape index (κ1) is 10.9. The SMILES string of the molecule is N/C(=N/O)C(=O)Nc1ccc2ccccc2c1. The van der Waals surface area contributed by atoms with Gasteiger partial charge in [0.25, 0.3) is 5.91 Å². The molecular weight excluding hydrogens is 218 g/mol. The van der Waals surface area contributed by atoms with Crippen LogP contribution in [0.2, 0.25) is 0 Å². The molecule has 0 saturated carbocycles. The number of rotatable bonds is 1. The second-order valence-corrected chi connectivity index (χ2v) is 3.50. The highest BCUT2D eigenvalue weighted by atomic mass is 16.4. The molecular formula is C12H11N3O2. The first-order valence-corrected chi connectivity index (χ1v) is 4.98. The maximum absolute atomic E-state index is 11.4. The molecule has 0 radical (unpaired) electrons. The van der Waals surface area contributed by atoms with Crippen LogP contribution < -0.4 is 11.1 Å². The third kappa shape index (κ3) is 2.34. The number of hydrogen-bond donors (Lipinski definition) is 3. The minimum atomic E-state index is -0.636. The van der Waals surface area contributed by atoms with Gasteiger partial charge in [0, 0.05) is 5.69 Å². The van der Waals surface area contributed by atoms with E-state index in [-0.39, 0.29) is 0 Å². The van der Waals surface area contributed by atoms with Crippen LogP contribution in [0.25, 0.3) is 10.8 Å². The fourth-order valence-electron chi connectivity index (χ4n) is 1.51. The van der Waals surface area contributed by atoms with Crippen LogP contribution in [0.15, 0.2) is 47.6 Å². The minimum absolute atomic E-state index is 0.474. The lowest BCUT2D eigenvalue weighted by Gasteiger charge is -2.05. The number of oxime groups is 1. The van der Waals surface area contributed by atoms with E-state index in [1.807, 2.05) is 36.4 Å². The molecule has 0 unspecified atom stereocenters. The minimum Gasteiger partial charge on any atom is -0.409 e.